The number of nitrogens with one attached hydrogen (secondary N) is 2. The van der Waals surface area contributed by atoms with Crippen molar-refractivity contribution < 1.29 is 23.5 Å². The number of hydrogen-bond donors (Lipinski definition) is 2. The molecule has 11 heteroatoms. The van der Waals surface area contributed by atoms with Crippen LogP contribution in [-0.4, -0.2) is 59.6 Å². The van der Waals surface area contributed by atoms with Gasteiger partial charge in [-0.1, -0.05) is 17.7 Å². The standard InChI is InChI=1S/C26H25ClFN5O4/c27-19-10-17(5-6-20(19)28)31-26-18-11-22(23(37-14-16-3-4-16)12-21(18)29-15-30-26)32-24(34)2-1-7-33-8-9-36-25(35)13-33/h1-2,5-6,10-12,15-16H,3-4,7-9,13-14H2,(H,32,34)(H,29,30,31). The number of carbonyl (C=O) groups excluding carboxylic acids is 2. The third kappa shape index (κ3) is 6.52. The Morgan fingerprint density at radius 2 is 2.14 bits per heavy atom. The second kappa shape index (κ2) is 11.1. The highest BCUT2D eigenvalue weighted by molar-refractivity contribution is 6.31. The molecule has 2 heterocycles. The average Bonchev–Trinajstić information content (AvgIpc) is 3.70. The van der Waals surface area contributed by atoms with Crippen molar-refractivity contribution in [3.05, 3.63) is 59.7 Å². The fraction of sp³-hybridized carbons (Fsp3) is 0.308. The summed E-state index contributed by atoms with van der Waals surface area (Å²) in [5.41, 5.74) is 1.64. The van der Waals surface area contributed by atoms with Crippen LogP contribution in [-0.2, 0) is 14.3 Å². The Labute approximate surface area is 217 Å². The Kier molecular flexibility index (Phi) is 7.47. The Balaban J connectivity index is 1.37. The van der Waals surface area contributed by atoms with E-state index in [1.165, 1.54) is 24.5 Å². The summed E-state index contributed by atoms with van der Waals surface area (Å²) in [7, 11) is 0. The van der Waals surface area contributed by atoms with Gasteiger partial charge in [-0.2, -0.15) is 0 Å². The predicted octanol–water partition coefficient (Wildman–Crippen LogP) is 4.31. The van der Waals surface area contributed by atoms with Crippen LogP contribution in [0, 0.1) is 11.7 Å². The molecule has 0 bridgehead atoms. The van der Waals surface area contributed by atoms with Crippen LogP contribution >= 0.6 is 11.6 Å². The van der Waals surface area contributed by atoms with Crippen molar-refractivity contribution in [1.29, 1.82) is 0 Å². The Morgan fingerprint density at radius 3 is 2.92 bits per heavy atom. The fourth-order valence-corrected chi connectivity index (χ4v) is 4.02. The number of morpholine rings is 1. The molecule has 192 valence electrons. The average molecular weight is 526 g/mol. The van der Waals surface area contributed by atoms with Gasteiger partial charge in [0.25, 0.3) is 0 Å². The van der Waals surface area contributed by atoms with Gasteiger partial charge in [0.15, 0.2) is 0 Å². The molecule has 1 amide bonds. The van der Waals surface area contributed by atoms with Crippen molar-refractivity contribution in [1.82, 2.24) is 14.9 Å². The van der Waals surface area contributed by atoms with Gasteiger partial charge in [0.2, 0.25) is 5.91 Å². The van der Waals surface area contributed by atoms with Gasteiger partial charge in [0, 0.05) is 36.3 Å². The molecule has 9 nitrogen and oxygen atoms in total. The molecule has 2 aromatic carbocycles. The van der Waals surface area contributed by atoms with Gasteiger partial charge in [0.1, 0.15) is 30.3 Å². The first-order chi connectivity index (χ1) is 17.9. The molecule has 1 aliphatic carbocycles. The number of anilines is 3. The zero-order chi connectivity index (χ0) is 25.8. The topological polar surface area (TPSA) is 106 Å². The molecule has 2 N–H and O–H groups in total. The molecule has 2 fully saturated rings. The second-order valence-corrected chi connectivity index (χ2v) is 9.35. The van der Waals surface area contributed by atoms with E-state index in [9.17, 15) is 14.0 Å². The van der Waals surface area contributed by atoms with E-state index < -0.39 is 5.82 Å². The molecule has 37 heavy (non-hydrogen) atoms. The van der Waals surface area contributed by atoms with Crippen molar-refractivity contribution in [2.45, 2.75) is 12.8 Å². The van der Waals surface area contributed by atoms with E-state index in [2.05, 4.69) is 20.6 Å². The van der Waals surface area contributed by atoms with Gasteiger partial charge in [-0.15, -0.1) is 0 Å². The van der Waals surface area contributed by atoms with Gasteiger partial charge < -0.3 is 20.1 Å². The Bertz CT molecular complexity index is 1360. The number of aromatic nitrogens is 2. The van der Waals surface area contributed by atoms with Gasteiger partial charge >= 0.3 is 5.97 Å². The minimum Gasteiger partial charge on any atom is -0.491 e. The number of halogens is 2. The van der Waals surface area contributed by atoms with Crippen LogP contribution in [0.5, 0.6) is 5.75 Å². The van der Waals surface area contributed by atoms with Crippen molar-refractivity contribution in [3.8, 4) is 5.75 Å². The van der Waals surface area contributed by atoms with Crippen LogP contribution in [0.2, 0.25) is 5.02 Å². The maximum absolute atomic E-state index is 13.6. The van der Waals surface area contributed by atoms with Crippen molar-refractivity contribution in [2.75, 3.05) is 43.5 Å². The number of cyclic esters (lactones) is 1. The molecule has 1 aliphatic heterocycles. The monoisotopic (exact) mass is 525 g/mol. The molecule has 1 saturated heterocycles. The summed E-state index contributed by atoms with van der Waals surface area (Å²) >= 11 is 5.92. The maximum Gasteiger partial charge on any atom is 0.320 e. The van der Waals surface area contributed by atoms with Crippen molar-refractivity contribution in [2.24, 2.45) is 5.92 Å². The number of fused-ring (bicyclic) bond motifs is 1. The van der Waals surface area contributed by atoms with Crippen LogP contribution < -0.4 is 15.4 Å². The van der Waals surface area contributed by atoms with Crippen LogP contribution in [0.1, 0.15) is 12.8 Å². The van der Waals surface area contributed by atoms with E-state index >= 15 is 0 Å². The number of amides is 1. The van der Waals surface area contributed by atoms with E-state index in [-0.39, 0.29) is 23.4 Å². The Hall–Kier alpha value is -3.76. The van der Waals surface area contributed by atoms with E-state index in [0.29, 0.717) is 66.1 Å². The van der Waals surface area contributed by atoms with Crippen LogP contribution in [0.25, 0.3) is 10.9 Å². The highest BCUT2D eigenvalue weighted by Crippen LogP contribution is 2.36. The summed E-state index contributed by atoms with van der Waals surface area (Å²) in [6.07, 6.45) is 6.79. The third-order valence-corrected chi connectivity index (χ3v) is 6.29. The number of benzene rings is 2. The summed E-state index contributed by atoms with van der Waals surface area (Å²) in [5, 5.41) is 6.64. The van der Waals surface area contributed by atoms with Gasteiger partial charge in [-0.3, -0.25) is 14.5 Å². The van der Waals surface area contributed by atoms with Crippen molar-refractivity contribution >= 4 is 51.6 Å². The van der Waals surface area contributed by atoms with Crippen LogP contribution in [0.15, 0.2) is 48.8 Å². The summed E-state index contributed by atoms with van der Waals surface area (Å²) < 4.78 is 24.5. The molecule has 0 atom stereocenters. The molecule has 0 radical (unpaired) electrons. The van der Waals surface area contributed by atoms with E-state index in [4.69, 9.17) is 21.1 Å². The molecule has 0 spiro atoms. The lowest BCUT2D eigenvalue weighted by Gasteiger charge is -2.24. The fourth-order valence-electron chi connectivity index (χ4n) is 3.84. The van der Waals surface area contributed by atoms with E-state index in [1.807, 2.05) is 4.90 Å². The SMILES string of the molecule is O=C(C=CCN1CCOC(=O)C1)Nc1cc2c(Nc3ccc(F)c(Cl)c3)ncnc2cc1OCC1CC1. The quantitative estimate of drug-likeness (QED) is 0.314. The molecular weight excluding hydrogens is 501 g/mol. The summed E-state index contributed by atoms with van der Waals surface area (Å²) in [5.74, 6) is 0.356. The highest BCUT2D eigenvalue weighted by atomic mass is 35.5. The zero-order valence-electron chi connectivity index (χ0n) is 19.9. The minimum atomic E-state index is -0.518. The van der Waals surface area contributed by atoms with Gasteiger partial charge in [-0.25, -0.2) is 14.4 Å². The first-order valence-electron chi connectivity index (χ1n) is 11.9. The number of esters is 1. The van der Waals surface area contributed by atoms with Gasteiger partial charge in [0.05, 0.1) is 29.4 Å². The molecule has 2 aliphatic rings. The first-order valence-corrected chi connectivity index (χ1v) is 12.3. The van der Waals surface area contributed by atoms with E-state index in [0.717, 1.165) is 12.8 Å². The largest absolute Gasteiger partial charge is 0.491 e. The lowest BCUT2D eigenvalue weighted by Crippen LogP contribution is -2.39. The lowest BCUT2D eigenvalue weighted by molar-refractivity contribution is -0.150. The lowest BCUT2D eigenvalue weighted by atomic mass is 10.1. The molecule has 5 rings (SSSR count). The van der Waals surface area contributed by atoms with Crippen molar-refractivity contribution in [3.63, 3.8) is 0 Å². The first kappa shape index (κ1) is 24.9. The molecule has 0 unspecified atom stereocenters. The Morgan fingerprint density at radius 1 is 1.27 bits per heavy atom. The number of carbonyl (C=O) groups is 2. The molecular formula is C26H25ClFN5O4. The van der Waals surface area contributed by atoms with Crippen LogP contribution in [0.3, 0.4) is 0 Å². The summed E-state index contributed by atoms with van der Waals surface area (Å²) in [6, 6.07) is 7.80. The normalized spacial score (nSPS) is 16.1. The van der Waals surface area contributed by atoms with E-state index in [1.54, 1.807) is 24.3 Å². The third-order valence-electron chi connectivity index (χ3n) is 6.00. The number of hydrogen-bond acceptors (Lipinski definition) is 8. The predicted molar refractivity (Wildman–Crippen MR) is 138 cm³/mol. The zero-order valence-corrected chi connectivity index (χ0v) is 20.6. The number of ether oxygens (including phenoxy) is 2. The molecule has 3 aromatic rings. The minimum absolute atomic E-state index is 0.0136. The molecule has 1 aromatic heterocycles. The summed E-state index contributed by atoms with van der Waals surface area (Å²) in [4.78, 5) is 34.7. The van der Waals surface area contributed by atoms with Crippen LogP contribution in [0.4, 0.5) is 21.6 Å². The smallest absolute Gasteiger partial charge is 0.320 e. The second-order valence-electron chi connectivity index (χ2n) is 8.94. The summed E-state index contributed by atoms with van der Waals surface area (Å²) in [6.45, 7) is 2.18. The number of rotatable bonds is 9. The number of nitrogens with zero attached hydrogens (tertiary/aromatic N) is 3. The van der Waals surface area contributed by atoms with Gasteiger partial charge in [-0.05, 0) is 43.0 Å². The molecule has 1 saturated carbocycles. The maximum atomic E-state index is 13.6. The highest BCUT2D eigenvalue weighted by Gasteiger charge is 2.23.